The fourth-order valence-corrected chi connectivity index (χ4v) is 2.12. The number of hydrogen-bond donors (Lipinski definition) is 1. The molecule has 0 aromatic heterocycles. The van der Waals surface area contributed by atoms with Crippen LogP contribution in [0.5, 0.6) is 0 Å². The average molecular weight is 270 g/mol. The number of aliphatic hydroxyl groups is 1. The van der Waals surface area contributed by atoms with Crippen molar-refractivity contribution in [2.45, 2.75) is 25.7 Å². The maximum atomic E-state index is 13.4. The van der Waals surface area contributed by atoms with Crippen molar-refractivity contribution in [3.8, 4) is 0 Å². The van der Waals surface area contributed by atoms with Crippen molar-refractivity contribution in [3.63, 3.8) is 0 Å². The van der Waals surface area contributed by atoms with E-state index in [1.165, 1.54) is 0 Å². The van der Waals surface area contributed by atoms with Gasteiger partial charge in [-0.1, -0.05) is 19.2 Å². The van der Waals surface area contributed by atoms with Gasteiger partial charge in [0.1, 0.15) is 5.76 Å². The van der Waals surface area contributed by atoms with Crippen LogP contribution in [-0.2, 0) is 4.74 Å². The zero-order valence-electron chi connectivity index (χ0n) is 11.0. The molecule has 19 heavy (non-hydrogen) atoms. The lowest BCUT2D eigenvalue weighted by Gasteiger charge is -2.26. The van der Waals surface area contributed by atoms with Gasteiger partial charge in [0.25, 0.3) is 0 Å². The van der Waals surface area contributed by atoms with E-state index in [0.717, 1.165) is 25.7 Å². The Morgan fingerprint density at radius 3 is 2.21 bits per heavy atom. The maximum absolute atomic E-state index is 13.4. The van der Waals surface area contributed by atoms with Crippen molar-refractivity contribution in [2.24, 2.45) is 11.8 Å². The molecule has 0 atom stereocenters. The van der Waals surface area contributed by atoms with Gasteiger partial charge < -0.3 is 9.84 Å². The van der Waals surface area contributed by atoms with Crippen molar-refractivity contribution in [2.75, 3.05) is 6.61 Å². The van der Waals surface area contributed by atoms with E-state index >= 15 is 0 Å². The molecule has 0 spiro atoms. The van der Waals surface area contributed by atoms with Crippen LogP contribution in [0.2, 0.25) is 0 Å². The highest BCUT2D eigenvalue weighted by Gasteiger charge is 2.21. The Morgan fingerprint density at radius 2 is 1.74 bits per heavy atom. The predicted molar refractivity (Wildman–Crippen MR) is 71.7 cm³/mol. The SMILES string of the molecule is C=CC1CCC(COC(=C)/C(F)=C(/F)C(=C)O)CC1. The Hall–Kier alpha value is -1.58. The first-order valence-corrected chi connectivity index (χ1v) is 6.33. The van der Waals surface area contributed by atoms with E-state index in [1.807, 2.05) is 6.08 Å². The number of rotatable bonds is 6. The summed E-state index contributed by atoms with van der Waals surface area (Å²) in [5.74, 6) is -3.23. The summed E-state index contributed by atoms with van der Waals surface area (Å²) in [4.78, 5) is 0. The smallest absolute Gasteiger partial charge is 0.203 e. The van der Waals surface area contributed by atoms with Gasteiger partial charge in [-0.3, -0.25) is 0 Å². The van der Waals surface area contributed by atoms with Gasteiger partial charge in [-0.05, 0) is 37.5 Å². The normalized spacial score (nSPS) is 24.3. The van der Waals surface area contributed by atoms with Crippen LogP contribution in [0.4, 0.5) is 8.78 Å². The monoisotopic (exact) mass is 270 g/mol. The van der Waals surface area contributed by atoms with Crippen LogP contribution in [-0.4, -0.2) is 11.7 Å². The number of allylic oxidation sites excluding steroid dienone is 3. The van der Waals surface area contributed by atoms with E-state index in [2.05, 4.69) is 19.7 Å². The molecule has 106 valence electrons. The zero-order chi connectivity index (χ0) is 14.4. The van der Waals surface area contributed by atoms with Crippen molar-refractivity contribution < 1.29 is 18.6 Å². The summed E-state index contributed by atoms with van der Waals surface area (Å²) in [6.07, 6.45) is 6.00. The first kappa shape index (κ1) is 15.5. The van der Waals surface area contributed by atoms with Crippen LogP contribution < -0.4 is 0 Å². The average Bonchev–Trinajstić information content (AvgIpc) is 2.43. The summed E-state index contributed by atoms with van der Waals surface area (Å²) in [5.41, 5.74) is 0. The van der Waals surface area contributed by atoms with E-state index in [1.54, 1.807) is 0 Å². The highest BCUT2D eigenvalue weighted by atomic mass is 19.2. The van der Waals surface area contributed by atoms with E-state index < -0.39 is 23.2 Å². The molecule has 0 heterocycles. The topological polar surface area (TPSA) is 29.5 Å². The molecule has 1 aliphatic rings. The summed E-state index contributed by atoms with van der Waals surface area (Å²) < 4.78 is 31.5. The molecule has 0 aromatic rings. The summed E-state index contributed by atoms with van der Waals surface area (Å²) >= 11 is 0. The van der Waals surface area contributed by atoms with E-state index in [4.69, 9.17) is 9.84 Å². The van der Waals surface area contributed by atoms with Crippen molar-refractivity contribution in [3.05, 3.63) is 49.0 Å². The van der Waals surface area contributed by atoms with Gasteiger partial charge in [0.2, 0.25) is 11.7 Å². The van der Waals surface area contributed by atoms with Gasteiger partial charge in [-0.15, -0.1) is 6.58 Å². The number of ether oxygens (including phenoxy) is 1. The second-order valence-electron chi connectivity index (χ2n) is 4.83. The molecule has 1 N–H and O–H groups in total. The van der Waals surface area contributed by atoms with E-state index in [9.17, 15) is 8.78 Å². The lowest BCUT2D eigenvalue weighted by molar-refractivity contribution is 0.133. The molecule has 0 bridgehead atoms. The summed E-state index contributed by atoms with van der Waals surface area (Å²) in [7, 11) is 0. The second kappa shape index (κ2) is 7.12. The third-order valence-corrected chi connectivity index (χ3v) is 3.41. The van der Waals surface area contributed by atoms with Gasteiger partial charge in [0.15, 0.2) is 5.76 Å². The minimum atomic E-state index is -1.43. The highest BCUT2D eigenvalue weighted by Crippen LogP contribution is 2.30. The van der Waals surface area contributed by atoms with Crippen molar-refractivity contribution >= 4 is 0 Å². The maximum Gasteiger partial charge on any atom is 0.203 e. The molecule has 4 heteroatoms. The highest BCUT2D eigenvalue weighted by molar-refractivity contribution is 5.28. The molecule has 0 radical (unpaired) electrons. The Kier molecular flexibility index (Phi) is 5.80. The first-order chi connectivity index (χ1) is 8.95. The van der Waals surface area contributed by atoms with Crippen LogP contribution in [0.15, 0.2) is 49.0 Å². The quantitative estimate of drug-likeness (QED) is 0.429. The molecule has 1 fully saturated rings. The number of hydrogen-bond acceptors (Lipinski definition) is 2. The molecule has 0 aromatic carbocycles. The first-order valence-electron chi connectivity index (χ1n) is 6.33. The molecule has 0 amide bonds. The van der Waals surface area contributed by atoms with Crippen LogP contribution in [0, 0.1) is 11.8 Å². The molecular weight excluding hydrogens is 250 g/mol. The lowest BCUT2D eigenvalue weighted by atomic mass is 9.82. The zero-order valence-corrected chi connectivity index (χ0v) is 11.0. The minimum absolute atomic E-state index is 0.307. The van der Waals surface area contributed by atoms with Gasteiger partial charge in [-0.2, -0.15) is 8.78 Å². The van der Waals surface area contributed by atoms with Gasteiger partial charge in [0, 0.05) is 0 Å². The summed E-state index contributed by atoms with van der Waals surface area (Å²) in [5, 5.41) is 8.74. The molecule has 1 rings (SSSR count). The fourth-order valence-electron chi connectivity index (χ4n) is 2.12. The van der Waals surface area contributed by atoms with E-state index in [0.29, 0.717) is 18.4 Å². The minimum Gasteiger partial charge on any atom is -0.505 e. The Labute approximate surface area is 112 Å². The van der Waals surface area contributed by atoms with Crippen LogP contribution in [0.3, 0.4) is 0 Å². The molecule has 0 aliphatic heterocycles. The van der Waals surface area contributed by atoms with Crippen molar-refractivity contribution in [1.82, 2.24) is 0 Å². The lowest BCUT2D eigenvalue weighted by Crippen LogP contribution is -2.17. The van der Waals surface area contributed by atoms with Gasteiger partial charge in [-0.25, -0.2) is 0 Å². The molecule has 0 unspecified atom stereocenters. The van der Waals surface area contributed by atoms with Crippen LogP contribution >= 0.6 is 0 Å². The third-order valence-electron chi connectivity index (χ3n) is 3.41. The fraction of sp³-hybridized carbons (Fsp3) is 0.467. The van der Waals surface area contributed by atoms with Crippen molar-refractivity contribution in [1.29, 1.82) is 0 Å². The Balaban J connectivity index is 2.41. The molecule has 1 saturated carbocycles. The standard InChI is InChI=1S/C15H20F2O2/c1-4-12-5-7-13(8-6-12)9-19-11(3)15(17)14(16)10(2)18/h4,12-13,18H,1-3,5-9H2/b15-14-. The molecule has 2 nitrogen and oxygen atoms in total. The predicted octanol–water partition coefficient (Wildman–Crippen LogP) is 4.73. The second-order valence-corrected chi connectivity index (χ2v) is 4.83. The Morgan fingerprint density at radius 1 is 1.16 bits per heavy atom. The molecule has 1 aliphatic carbocycles. The van der Waals surface area contributed by atoms with E-state index in [-0.39, 0.29) is 0 Å². The molecular formula is C15H20F2O2. The Bertz CT molecular complexity index is 391. The molecule has 0 saturated heterocycles. The largest absolute Gasteiger partial charge is 0.505 e. The van der Waals surface area contributed by atoms with Crippen LogP contribution in [0.1, 0.15) is 25.7 Å². The van der Waals surface area contributed by atoms with Gasteiger partial charge >= 0.3 is 0 Å². The summed E-state index contributed by atoms with van der Waals surface area (Å²) in [6, 6.07) is 0. The number of aliphatic hydroxyl groups excluding tert-OH is 1. The van der Waals surface area contributed by atoms with Gasteiger partial charge in [0.05, 0.1) is 6.61 Å². The summed E-state index contributed by atoms with van der Waals surface area (Å²) in [6.45, 7) is 10.3. The van der Waals surface area contributed by atoms with Crippen LogP contribution in [0.25, 0.3) is 0 Å². The number of halogens is 2. The third kappa shape index (κ3) is 4.54.